The van der Waals surface area contributed by atoms with E-state index in [0.29, 0.717) is 22.6 Å². The second-order valence-electron chi connectivity index (χ2n) is 6.61. The fraction of sp³-hybridized carbons (Fsp3) is 0.667. The number of hydrogen-bond donors (Lipinski definition) is 3. The van der Waals surface area contributed by atoms with Crippen LogP contribution in [0.15, 0.2) is 6.20 Å². The third kappa shape index (κ3) is 2.85. The van der Waals surface area contributed by atoms with Crippen molar-refractivity contribution in [3.05, 3.63) is 17.7 Å². The van der Waals surface area contributed by atoms with E-state index in [0.717, 1.165) is 12.5 Å². The van der Waals surface area contributed by atoms with Gasteiger partial charge in [0.2, 0.25) is 0 Å². The molecular formula is C15H23N5O. The van der Waals surface area contributed by atoms with Crippen molar-refractivity contribution in [3.63, 3.8) is 0 Å². The van der Waals surface area contributed by atoms with Gasteiger partial charge in [0.25, 0.3) is 5.91 Å². The lowest BCUT2D eigenvalue weighted by Gasteiger charge is -2.16. The molecule has 1 aromatic heterocycles. The number of nitrogens with two attached hydrogens (primary N) is 1. The number of nitrogens with zero attached hydrogens (tertiary/aromatic N) is 2. The zero-order valence-electron chi connectivity index (χ0n) is 12.6. The smallest absolute Gasteiger partial charge is 0.272 e. The molecule has 114 valence electrons. The van der Waals surface area contributed by atoms with Crippen LogP contribution in [0.3, 0.4) is 0 Å². The number of aromatic nitrogens is 2. The Labute approximate surface area is 124 Å². The normalized spacial score (nSPS) is 19.4. The van der Waals surface area contributed by atoms with E-state index in [-0.39, 0.29) is 11.8 Å². The van der Waals surface area contributed by atoms with Gasteiger partial charge in [0.1, 0.15) is 5.82 Å². The molecule has 0 aromatic carbocycles. The Kier molecular flexibility index (Phi) is 3.57. The Morgan fingerprint density at radius 3 is 2.71 bits per heavy atom. The van der Waals surface area contributed by atoms with Crippen molar-refractivity contribution < 1.29 is 4.79 Å². The molecule has 1 aromatic rings. The fourth-order valence-electron chi connectivity index (χ4n) is 2.88. The van der Waals surface area contributed by atoms with Crippen LogP contribution < -0.4 is 16.6 Å². The molecule has 21 heavy (non-hydrogen) atoms. The molecule has 1 amide bonds. The van der Waals surface area contributed by atoms with E-state index < -0.39 is 0 Å². The molecule has 0 radical (unpaired) electrons. The van der Waals surface area contributed by atoms with Gasteiger partial charge in [-0.05, 0) is 37.0 Å². The second-order valence-corrected chi connectivity index (χ2v) is 6.61. The van der Waals surface area contributed by atoms with Crippen LogP contribution in [0.5, 0.6) is 0 Å². The number of nitrogens with one attached hydrogen (secondary N) is 2. The topological polar surface area (TPSA) is 92.9 Å². The van der Waals surface area contributed by atoms with Crippen molar-refractivity contribution in [3.8, 4) is 0 Å². The molecule has 0 spiro atoms. The predicted octanol–water partition coefficient (Wildman–Crippen LogP) is 1.81. The van der Waals surface area contributed by atoms with Gasteiger partial charge in [0, 0.05) is 12.5 Å². The Morgan fingerprint density at radius 1 is 1.48 bits per heavy atom. The largest absolute Gasteiger partial charge is 0.350 e. The van der Waals surface area contributed by atoms with Crippen molar-refractivity contribution in [2.45, 2.75) is 45.4 Å². The molecule has 0 saturated heterocycles. The average Bonchev–Trinajstić information content (AvgIpc) is 3.36. The number of hydrogen-bond acceptors (Lipinski definition) is 5. The lowest BCUT2D eigenvalue weighted by molar-refractivity contribution is 0.0938. The van der Waals surface area contributed by atoms with Gasteiger partial charge in [-0.15, -0.1) is 0 Å². The van der Waals surface area contributed by atoms with Crippen molar-refractivity contribution in [1.29, 1.82) is 0 Å². The zero-order valence-corrected chi connectivity index (χ0v) is 12.6. The molecule has 1 heterocycles. The van der Waals surface area contributed by atoms with E-state index in [1.807, 2.05) is 13.8 Å². The van der Waals surface area contributed by atoms with E-state index in [9.17, 15) is 4.79 Å². The Balaban J connectivity index is 1.72. The van der Waals surface area contributed by atoms with Crippen molar-refractivity contribution in [1.82, 2.24) is 15.3 Å². The molecular weight excluding hydrogens is 266 g/mol. The predicted molar refractivity (Wildman–Crippen MR) is 80.7 cm³/mol. The molecule has 0 bridgehead atoms. The molecule has 2 aliphatic rings. The van der Waals surface area contributed by atoms with E-state index >= 15 is 0 Å². The van der Waals surface area contributed by atoms with Crippen LogP contribution in [0.4, 0.5) is 5.69 Å². The third-order valence-corrected chi connectivity index (χ3v) is 4.63. The van der Waals surface area contributed by atoms with Gasteiger partial charge in [0.15, 0.2) is 5.69 Å². The summed E-state index contributed by atoms with van der Waals surface area (Å²) in [5.41, 5.74) is 3.68. The minimum absolute atomic E-state index is 0.167. The Hall–Kier alpha value is -1.69. The van der Waals surface area contributed by atoms with Crippen LogP contribution in [0.2, 0.25) is 0 Å². The maximum Gasteiger partial charge on any atom is 0.272 e. The molecule has 4 N–H and O–H groups in total. The molecule has 2 saturated carbocycles. The first-order valence-electron chi connectivity index (χ1n) is 7.67. The number of hydrazine groups is 1. The summed E-state index contributed by atoms with van der Waals surface area (Å²) in [6, 6.07) is 0. The van der Waals surface area contributed by atoms with Gasteiger partial charge in [-0.25, -0.2) is 9.97 Å². The number of carbonyl (C=O) groups is 1. The van der Waals surface area contributed by atoms with Crippen LogP contribution >= 0.6 is 0 Å². The van der Waals surface area contributed by atoms with Crippen LogP contribution in [0.1, 0.15) is 61.8 Å². The van der Waals surface area contributed by atoms with Gasteiger partial charge < -0.3 is 10.7 Å². The first-order valence-corrected chi connectivity index (χ1v) is 7.67. The maximum atomic E-state index is 12.4. The molecule has 6 heteroatoms. The Bertz CT molecular complexity index is 549. The summed E-state index contributed by atoms with van der Waals surface area (Å²) in [7, 11) is 0. The second kappa shape index (κ2) is 5.26. The van der Waals surface area contributed by atoms with Gasteiger partial charge in [-0.1, -0.05) is 13.8 Å². The third-order valence-electron chi connectivity index (χ3n) is 4.63. The minimum atomic E-state index is -0.167. The summed E-state index contributed by atoms with van der Waals surface area (Å²) >= 11 is 0. The zero-order chi connectivity index (χ0) is 15.0. The van der Waals surface area contributed by atoms with E-state index in [2.05, 4.69) is 20.7 Å². The quantitative estimate of drug-likeness (QED) is 0.548. The minimum Gasteiger partial charge on any atom is -0.350 e. The number of carbonyl (C=O) groups excluding carboxylic acids is 1. The average molecular weight is 289 g/mol. The standard InChI is InChI=1S/C15H23N5O/c1-9(2)13-17-7-11(20-16)12(19-13)14(21)18-8-15(5-6-15)10-3-4-10/h7,9-10,20H,3-6,8,16H2,1-2H3,(H,18,21). The van der Waals surface area contributed by atoms with Crippen LogP contribution in [0, 0.1) is 11.3 Å². The van der Waals surface area contributed by atoms with Crippen LogP contribution in [-0.4, -0.2) is 22.4 Å². The first kappa shape index (κ1) is 14.3. The summed E-state index contributed by atoms with van der Waals surface area (Å²) in [4.78, 5) is 21.0. The van der Waals surface area contributed by atoms with Gasteiger partial charge in [0.05, 0.1) is 11.9 Å². The van der Waals surface area contributed by atoms with Crippen molar-refractivity contribution in [2.24, 2.45) is 17.2 Å². The van der Waals surface area contributed by atoms with E-state index in [1.165, 1.54) is 25.7 Å². The monoisotopic (exact) mass is 289 g/mol. The molecule has 3 rings (SSSR count). The summed E-state index contributed by atoms with van der Waals surface area (Å²) in [6.07, 6.45) is 6.68. The lowest BCUT2D eigenvalue weighted by Crippen LogP contribution is -2.33. The number of rotatable bonds is 6. The molecule has 2 aliphatic carbocycles. The molecule has 2 fully saturated rings. The number of nitrogen functional groups attached to an aromatic ring is 1. The molecule has 0 aliphatic heterocycles. The SMILES string of the molecule is CC(C)c1ncc(NN)c(C(=O)NCC2(C3CC3)CC2)n1. The summed E-state index contributed by atoms with van der Waals surface area (Å²) in [5, 5.41) is 3.04. The van der Waals surface area contributed by atoms with E-state index in [1.54, 1.807) is 6.20 Å². The van der Waals surface area contributed by atoms with E-state index in [4.69, 9.17) is 5.84 Å². The summed E-state index contributed by atoms with van der Waals surface area (Å²) in [6.45, 7) is 4.75. The van der Waals surface area contributed by atoms with Crippen molar-refractivity contribution in [2.75, 3.05) is 12.0 Å². The highest BCUT2D eigenvalue weighted by molar-refractivity contribution is 5.97. The van der Waals surface area contributed by atoms with Gasteiger partial charge >= 0.3 is 0 Å². The maximum absolute atomic E-state index is 12.4. The highest BCUT2D eigenvalue weighted by Crippen LogP contribution is 2.60. The lowest BCUT2D eigenvalue weighted by atomic mass is 10.0. The van der Waals surface area contributed by atoms with Gasteiger partial charge in [-0.3, -0.25) is 10.6 Å². The van der Waals surface area contributed by atoms with Gasteiger partial charge in [-0.2, -0.15) is 0 Å². The summed E-state index contributed by atoms with van der Waals surface area (Å²) in [5.74, 6) is 6.94. The first-order chi connectivity index (χ1) is 10.1. The highest BCUT2D eigenvalue weighted by Gasteiger charge is 2.53. The number of amides is 1. The Morgan fingerprint density at radius 2 is 2.19 bits per heavy atom. The van der Waals surface area contributed by atoms with Crippen LogP contribution in [0.25, 0.3) is 0 Å². The highest BCUT2D eigenvalue weighted by atomic mass is 16.1. The molecule has 0 unspecified atom stereocenters. The summed E-state index contributed by atoms with van der Waals surface area (Å²) < 4.78 is 0. The van der Waals surface area contributed by atoms with Crippen molar-refractivity contribution >= 4 is 11.6 Å². The van der Waals surface area contributed by atoms with Crippen LogP contribution in [-0.2, 0) is 0 Å². The molecule has 6 nitrogen and oxygen atoms in total. The fourth-order valence-corrected chi connectivity index (χ4v) is 2.88. The number of anilines is 1. The molecule has 0 atom stereocenters.